The van der Waals surface area contributed by atoms with Crippen molar-refractivity contribution in [2.45, 2.75) is 42.8 Å². The average molecular weight is 362 g/mol. The summed E-state index contributed by atoms with van der Waals surface area (Å²) in [4.78, 5) is 1.57. The van der Waals surface area contributed by atoms with Crippen molar-refractivity contribution < 1.29 is 21.6 Å². The molecule has 0 aliphatic carbocycles. The zero-order chi connectivity index (χ0) is 17.4. The summed E-state index contributed by atoms with van der Waals surface area (Å²) in [7, 11) is -4.16. The largest absolute Gasteiger partial charge is 0.417 e. The van der Waals surface area contributed by atoms with Crippen molar-refractivity contribution in [1.82, 2.24) is 9.21 Å². The molecule has 1 aromatic rings. The van der Waals surface area contributed by atoms with E-state index in [4.69, 9.17) is 0 Å². The summed E-state index contributed by atoms with van der Waals surface area (Å²) in [6.45, 7) is 2.76. The minimum absolute atomic E-state index is 0.241. The number of sulfonamides is 1. The van der Waals surface area contributed by atoms with Crippen LogP contribution in [0.5, 0.6) is 0 Å². The molecule has 134 valence electrons. The maximum absolute atomic E-state index is 13.2. The van der Waals surface area contributed by atoms with E-state index >= 15 is 0 Å². The van der Waals surface area contributed by atoms with Crippen LogP contribution in [0.2, 0.25) is 0 Å². The van der Waals surface area contributed by atoms with Crippen molar-refractivity contribution in [2.75, 3.05) is 26.2 Å². The summed E-state index contributed by atoms with van der Waals surface area (Å²) >= 11 is 0. The average Bonchev–Trinajstić information content (AvgIpc) is 3.19. The summed E-state index contributed by atoms with van der Waals surface area (Å²) < 4.78 is 66.7. The third-order valence-corrected chi connectivity index (χ3v) is 6.78. The Morgan fingerprint density at radius 3 is 2.38 bits per heavy atom. The Morgan fingerprint density at radius 1 is 1.04 bits per heavy atom. The maximum atomic E-state index is 13.2. The fourth-order valence-electron chi connectivity index (χ4n) is 3.62. The van der Waals surface area contributed by atoms with Gasteiger partial charge in [-0.1, -0.05) is 12.1 Å². The van der Waals surface area contributed by atoms with Gasteiger partial charge in [0.05, 0.1) is 10.5 Å². The Balaban J connectivity index is 1.89. The number of hydrogen-bond donors (Lipinski definition) is 0. The lowest BCUT2D eigenvalue weighted by Crippen LogP contribution is -2.42. The van der Waals surface area contributed by atoms with Crippen LogP contribution in [0.25, 0.3) is 0 Å². The van der Waals surface area contributed by atoms with Crippen molar-refractivity contribution in [3.05, 3.63) is 29.8 Å². The lowest BCUT2D eigenvalue weighted by atomic mass is 10.2. The van der Waals surface area contributed by atoms with Gasteiger partial charge in [0.2, 0.25) is 10.0 Å². The molecule has 1 atom stereocenters. The molecule has 1 unspecified atom stereocenters. The Hall–Kier alpha value is -1.12. The molecule has 24 heavy (non-hydrogen) atoms. The van der Waals surface area contributed by atoms with Gasteiger partial charge in [0, 0.05) is 19.1 Å². The lowest BCUT2D eigenvalue weighted by Gasteiger charge is -2.28. The van der Waals surface area contributed by atoms with Gasteiger partial charge in [0.1, 0.15) is 0 Å². The van der Waals surface area contributed by atoms with E-state index in [9.17, 15) is 21.6 Å². The zero-order valence-corrected chi connectivity index (χ0v) is 14.1. The molecule has 8 heteroatoms. The van der Waals surface area contributed by atoms with E-state index in [0.29, 0.717) is 19.4 Å². The van der Waals surface area contributed by atoms with Gasteiger partial charge in [-0.05, 0) is 50.9 Å². The lowest BCUT2D eigenvalue weighted by molar-refractivity contribution is -0.139. The van der Waals surface area contributed by atoms with Crippen molar-refractivity contribution in [2.24, 2.45) is 0 Å². The fraction of sp³-hybridized carbons (Fsp3) is 0.625. The third kappa shape index (κ3) is 3.45. The molecule has 0 radical (unpaired) electrons. The van der Waals surface area contributed by atoms with Crippen molar-refractivity contribution in [1.29, 1.82) is 0 Å². The zero-order valence-electron chi connectivity index (χ0n) is 13.3. The highest BCUT2D eigenvalue weighted by molar-refractivity contribution is 7.89. The predicted octanol–water partition coefficient (Wildman–Crippen LogP) is 2.95. The first-order valence-corrected chi connectivity index (χ1v) is 9.64. The van der Waals surface area contributed by atoms with Gasteiger partial charge in [0.25, 0.3) is 0 Å². The van der Waals surface area contributed by atoms with E-state index in [-0.39, 0.29) is 12.6 Å². The molecular weight excluding hydrogens is 341 g/mol. The van der Waals surface area contributed by atoms with Crippen LogP contribution in [-0.2, 0) is 16.2 Å². The molecule has 2 heterocycles. The summed E-state index contributed by atoms with van der Waals surface area (Å²) in [6.07, 6.45) is -1.11. The van der Waals surface area contributed by atoms with Crippen LogP contribution in [0, 0.1) is 0 Å². The molecule has 3 rings (SSSR count). The van der Waals surface area contributed by atoms with Crippen LogP contribution in [0.4, 0.5) is 13.2 Å². The van der Waals surface area contributed by atoms with Crippen molar-refractivity contribution in [3.8, 4) is 0 Å². The van der Waals surface area contributed by atoms with Crippen molar-refractivity contribution >= 4 is 10.0 Å². The molecule has 0 amide bonds. The number of rotatable bonds is 4. The smallest absolute Gasteiger partial charge is 0.302 e. The van der Waals surface area contributed by atoms with E-state index in [0.717, 1.165) is 38.1 Å². The maximum Gasteiger partial charge on any atom is 0.417 e. The summed E-state index contributed by atoms with van der Waals surface area (Å²) in [6, 6.07) is 4.21. The highest BCUT2D eigenvalue weighted by Gasteiger charge is 2.42. The highest BCUT2D eigenvalue weighted by atomic mass is 32.2. The van der Waals surface area contributed by atoms with Crippen LogP contribution < -0.4 is 0 Å². The van der Waals surface area contributed by atoms with E-state index in [1.807, 2.05) is 0 Å². The van der Waals surface area contributed by atoms with Gasteiger partial charge < -0.3 is 4.90 Å². The first kappa shape index (κ1) is 17.7. The van der Waals surface area contributed by atoms with Crippen LogP contribution >= 0.6 is 0 Å². The van der Waals surface area contributed by atoms with Gasteiger partial charge in [-0.3, -0.25) is 0 Å². The molecule has 2 aliphatic rings. The summed E-state index contributed by atoms with van der Waals surface area (Å²) in [5, 5.41) is 0. The second-order valence-corrected chi connectivity index (χ2v) is 8.27. The van der Waals surface area contributed by atoms with E-state index < -0.39 is 26.7 Å². The molecular formula is C16H21F3N2O2S. The normalized spacial score (nSPS) is 23.9. The number of alkyl halides is 3. The topological polar surface area (TPSA) is 40.6 Å². The second kappa shape index (κ2) is 6.65. The molecule has 2 fully saturated rings. The van der Waals surface area contributed by atoms with Gasteiger partial charge in [-0.2, -0.15) is 17.5 Å². The standard InChI is InChI=1S/C16H21F3N2O2S/c17-16(18,19)14-7-1-2-8-15(14)24(22,23)21-11-5-6-13(21)12-20-9-3-4-10-20/h1-2,7-8,13H,3-6,9-12H2. The summed E-state index contributed by atoms with van der Waals surface area (Å²) in [5.41, 5.74) is -1.09. The fourth-order valence-corrected chi connectivity index (χ4v) is 5.52. The molecule has 4 nitrogen and oxygen atoms in total. The van der Waals surface area contributed by atoms with Crippen LogP contribution in [0.1, 0.15) is 31.2 Å². The molecule has 0 saturated carbocycles. The number of nitrogens with zero attached hydrogens (tertiary/aromatic N) is 2. The van der Waals surface area contributed by atoms with Crippen LogP contribution in [0.15, 0.2) is 29.2 Å². The predicted molar refractivity (Wildman–Crippen MR) is 84.0 cm³/mol. The van der Waals surface area contributed by atoms with Gasteiger partial charge in [-0.25, -0.2) is 8.42 Å². The highest BCUT2D eigenvalue weighted by Crippen LogP contribution is 2.37. The Bertz CT molecular complexity index is 685. The quantitative estimate of drug-likeness (QED) is 0.827. The number of hydrogen-bond acceptors (Lipinski definition) is 3. The van der Waals surface area contributed by atoms with Crippen LogP contribution in [-0.4, -0.2) is 49.8 Å². The van der Waals surface area contributed by atoms with E-state index in [1.54, 1.807) is 0 Å². The second-order valence-electron chi connectivity index (χ2n) is 6.41. The summed E-state index contributed by atoms with van der Waals surface area (Å²) in [5.74, 6) is 0. The van der Waals surface area contributed by atoms with E-state index in [1.165, 1.54) is 16.4 Å². The van der Waals surface area contributed by atoms with Crippen LogP contribution in [0.3, 0.4) is 0 Å². The Kier molecular flexibility index (Phi) is 4.90. The minimum Gasteiger partial charge on any atom is -0.302 e. The molecule has 0 bridgehead atoms. The van der Waals surface area contributed by atoms with E-state index in [2.05, 4.69) is 4.90 Å². The molecule has 0 spiro atoms. The monoisotopic (exact) mass is 362 g/mol. The first-order valence-electron chi connectivity index (χ1n) is 8.20. The molecule has 2 saturated heterocycles. The Labute approximate surface area is 140 Å². The molecule has 0 N–H and O–H groups in total. The molecule has 1 aromatic carbocycles. The number of halogens is 3. The molecule has 2 aliphatic heterocycles. The van der Waals surface area contributed by atoms with Gasteiger partial charge in [-0.15, -0.1) is 0 Å². The number of likely N-dealkylation sites (tertiary alicyclic amines) is 1. The SMILES string of the molecule is O=S(=O)(c1ccccc1C(F)(F)F)N1CCCC1CN1CCCC1. The Morgan fingerprint density at radius 2 is 1.71 bits per heavy atom. The molecule has 0 aromatic heterocycles. The third-order valence-electron chi connectivity index (χ3n) is 4.77. The first-order chi connectivity index (χ1) is 11.3. The minimum atomic E-state index is -4.69. The number of benzene rings is 1. The van der Waals surface area contributed by atoms with Gasteiger partial charge >= 0.3 is 6.18 Å². The van der Waals surface area contributed by atoms with Crippen molar-refractivity contribution in [3.63, 3.8) is 0 Å². The van der Waals surface area contributed by atoms with Gasteiger partial charge in [0.15, 0.2) is 0 Å².